The molecule has 0 aliphatic heterocycles. The highest BCUT2D eigenvalue weighted by atomic mass is 19.1. The number of hydrogen-bond acceptors (Lipinski definition) is 7. The zero-order chi connectivity index (χ0) is 27.1. The van der Waals surface area contributed by atoms with Crippen molar-refractivity contribution in [2.24, 2.45) is 0 Å². The van der Waals surface area contributed by atoms with Crippen LogP contribution in [-0.4, -0.2) is 41.0 Å². The molecule has 7 rings (SSSR count). The molecule has 0 aliphatic carbocycles. The Labute approximate surface area is 225 Å². The Morgan fingerprint density at radius 2 is 1.85 bits per heavy atom. The number of carbonyl (C=O) groups excluding carboxylic acids is 1. The zero-order valence-corrected chi connectivity index (χ0v) is 20.7. The van der Waals surface area contributed by atoms with Crippen molar-refractivity contribution >= 4 is 33.5 Å². The number of aromatic amines is 2. The van der Waals surface area contributed by atoms with Gasteiger partial charge in [-0.1, -0.05) is 30.3 Å². The van der Waals surface area contributed by atoms with Gasteiger partial charge in [-0.05, 0) is 23.8 Å². The van der Waals surface area contributed by atoms with Gasteiger partial charge in [-0.15, -0.1) is 0 Å². The molecule has 3 N–H and O–H groups in total. The van der Waals surface area contributed by atoms with Crippen LogP contribution in [0.15, 0.2) is 90.3 Å². The van der Waals surface area contributed by atoms with Crippen LogP contribution in [-0.2, 0) is 11.2 Å². The van der Waals surface area contributed by atoms with Gasteiger partial charge in [0.25, 0.3) is 0 Å². The van der Waals surface area contributed by atoms with E-state index in [-0.39, 0.29) is 23.4 Å². The molecule has 0 aliphatic rings. The third-order valence-corrected chi connectivity index (χ3v) is 6.47. The Hall–Kier alpha value is -5.71. The Kier molecular flexibility index (Phi) is 5.59. The summed E-state index contributed by atoms with van der Waals surface area (Å²) in [4.78, 5) is 33.4. The van der Waals surface area contributed by atoms with Gasteiger partial charge in [-0.2, -0.15) is 5.10 Å². The van der Waals surface area contributed by atoms with Gasteiger partial charge in [0.05, 0.1) is 53.4 Å². The van der Waals surface area contributed by atoms with Crippen LogP contribution in [0.4, 0.5) is 10.1 Å². The number of halogens is 1. The number of aromatic nitrogens is 7. The molecule has 194 valence electrons. The number of H-pyrrole nitrogens is 2. The fraction of sp³-hybridized carbons (Fsp3) is 0.0345. The molecule has 1 aromatic carbocycles. The largest absolute Gasteiger partial charge is 0.472 e. The van der Waals surface area contributed by atoms with Crippen molar-refractivity contribution in [2.45, 2.75) is 6.42 Å². The van der Waals surface area contributed by atoms with Gasteiger partial charge >= 0.3 is 0 Å². The maximum atomic E-state index is 16.1. The molecule has 40 heavy (non-hydrogen) atoms. The first kappa shape index (κ1) is 23.4. The van der Waals surface area contributed by atoms with Gasteiger partial charge in [0, 0.05) is 23.5 Å². The van der Waals surface area contributed by atoms with E-state index >= 15 is 4.39 Å². The van der Waals surface area contributed by atoms with E-state index in [0.29, 0.717) is 39.5 Å². The van der Waals surface area contributed by atoms with Crippen LogP contribution in [0.25, 0.3) is 56.0 Å². The van der Waals surface area contributed by atoms with Crippen molar-refractivity contribution in [1.82, 2.24) is 35.1 Å². The van der Waals surface area contributed by atoms with E-state index in [2.05, 4.69) is 35.5 Å². The smallest absolute Gasteiger partial charge is 0.228 e. The van der Waals surface area contributed by atoms with E-state index in [0.717, 1.165) is 16.6 Å². The number of rotatable bonds is 6. The number of fused-ring (bicyclic) bond motifs is 2. The summed E-state index contributed by atoms with van der Waals surface area (Å²) in [6, 6.07) is 14.6. The molecule has 7 aromatic rings. The number of nitrogens with one attached hydrogen (secondary N) is 3. The lowest BCUT2D eigenvalue weighted by Gasteiger charge is -2.08. The van der Waals surface area contributed by atoms with Crippen molar-refractivity contribution in [2.75, 3.05) is 5.32 Å². The number of carbonyl (C=O) groups is 1. The lowest BCUT2D eigenvalue weighted by molar-refractivity contribution is -0.115. The maximum Gasteiger partial charge on any atom is 0.228 e. The van der Waals surface area contributed by atoms with Crippen molar-refractivity contribution in [3.63, 3.8) is 0 Å². The molecular weight excluding hydrogens is 511 g/mol. The molecule has 11 heteroatoms. The van der Waals surface area contributed by atoms with E-state index in [1.165, 1.54) is 18.6 Å². The fourth-order valence-corrected chi connectivity index (χ4v) is 4.63. The van der Waals surface area contributed by atoms with Gasteiger partial charge in [0.1, 0.15) is 22.6 Å². The highest BCUT2D eigenvalue weighted by Crippen LogP contribution is 2.34. The molecule has 0 unspecified atom stereocenters. The Bertz CT molecular complexity index is 2000. The summed E-state index contributed by atoms with van der Waals surface area (Å²) in [6.07, 6.45) is 9.52. The van der Waals surface area contributed by atoms with Gasteiger partial charge in [0.15, 0.2) is 11.6 Å². The normalized spacial score (nSPS) is 11.3. The van der Waals surface area contributed by atoms with Crippen LogP contribution in [0.5, 0.6) is 0 Å². The Morgan fingerprint density at radius 1 is 0.950 bits per heavy atom. The van der Waals surface area contributed by atoms with Crippen molar-refractivity contribution < 1.29 is 13.6 Å². The minimum Gasteiger partial charge on any atom is -0.472 e. The Morgan fingerprint density at radius 3 is 2.70 bits per heavy atom. The highest BCUT2D eigenvalue weighted by molar-refractivity contribution is 5.97. The monoisotopic (exact) mass is 530 g/mol. The molecule has 6 aromatic heterocycles. The van der Waals surface area contributed by atoms with E-state index in [1.807, 2.05) is 30.3 Å². The number of amides is 1. The van der Waals surface area contributed by atoms with Gasteiger partial charge in [-0.3, -0.25) is 24.8 Å². The topological polar surface area (TPSA) is 138 Å². The molecule has 1 amide bonds. The molecule has 0 saturated carbocycles. The lowest BCUT2D eigenvalue weighted by atomic mass is 10.1. The van der Waals surface area contributed by atoms with E-state index in [9.17, 15) is 4.79 Å². The van der Waals surface area contributed by atoms with Crippen molar-refractivity contribution in [3.8, 4) is 34.0 Å². The molecule has 10 nitrogen and oxygen atoms in total. The van der Waals surface area contributed by atoms with E-state index < -0.39 is 5.82 Å². The van der Waals surface area contributed by atoms with Crippen LogP contribution >= 0.6 is 0 Å². The molecule has 6 heterocycles. The summed E-state index contributed by atoms with van der Waals surface area (Å²) < 4.78 is 21.3. The number of pyridine rings is 3. The lowest BCUT2D eigenvalue weighted by Crippen LogP contribution is -2.14. The standard InChI is InChI=1S/C29H19FN8O2/c30-24-23-21(37-38-28(23)29-35-20-6-8-32-26(27(20)36-29)17-7-9-40-15-17)14-33-25(24)18-11-19(13-31-12-18)34-22(39)10-16-4-2-1-3-5-16/h1-9,11-15H,10H2,(H,34,39)(H,35,36)(H,37,38). The summed E-state index contributed by atoms with van der Waals surface area (Å²) in [5.74, 6) is -0.431. The van der Waals surface area contributed by atoms with Crippen LogP contribution in [0.2, 0.25) is 0 Å². The average Bonchev–Trinajstić information content (AvgIpc) is 3.73. The first-order valence-corrected chi connectivity index (χ1v) is 12.3. The molecular formula is C29H19FN8O2. The summed E-state index contributed by atoms with van der Waals surface area (Å²) in [6.45, 7) is 0. The number of benzene rings is 1. The van der Waals surface area contributed by atoms with Crippen molar-refractivity contribution in [1.29, 1.82) is 0 Å². The summed E-state index contributed by atoms with van der Waals surface area (Å²) in [5.41, 5.74) is 5.22. The first-order valence-electron chi connectivity index (χ1n) is 12.3. The molecule has 0 spiro atoms. The number of imidazole rings is 1. The fourth-order valence-electron chi connectivity index (χ4n) is 4.63. The average molecular weight is 531 g/mol. The third kappa shape index (κ3) is 4.15. The second kappa shape index (κ2) is 9.55. The number of anilines is 1. The second-order valence-corrected chi connectivity index (χ2v) is 9.11. The third-order valence-electron chi connectivity index (χ3n) is 6.47. The SMILES string of the molecule is O=C(Cc1ccccc1)Nc1cncc(-c2ncc3[nH]nc(-c4nc5c(-c6ccoc6)nccc5[nH]4)c3c2F)c1. The minimum absolute atomic E-state index is 0.0682. The predicted molar refractivity (Wildman–Crippen MR) is 146 cm³/mol. The van der Waals surface area contributed by atoms with Crippen LogP contribution < -0.4 is 5.32 Å². The molecule has 0 fully saturated rings. The number of hydrogen-bond donors (Lipinski definition) is 3. The Balaban J connectivity index is 1.24. The summed E-state index contributed by atoms with van der Waals surface area (Å²) in [7, 11) is 0. The molecule has 0 bridgehead atoms. The number of nitrogens with zero attached hydrogens (tertiary/aromatic N) is 5. The first-order chi connectivity index (χ1) is 19.6. The van der Waals surface area contributed by atoms with E-state index in [1.54, 1.807) is 36.9 Å². The number of furan rings is 1. The van der Waals surface area contributed by atoms with Crippen LogP contribution in [0.1, 0.15) is 5.56 Å². The second-order valence-electron chi connectivity index (χ2n) is 9.11. The minimum atomic E-state index is -0.593. The van der Waals surface area contributed by atoms with Gasteiger partial charge in [0.2, 0.25) is 5.91 Å². The maximum absolute atomic E-state index is 16.1. The molecule has 0 atom stereocenters. The zero-order valence-electron chi connectivity index (χ0n) is 20.7. The summed E-state index contributed by atoms with van der Waals surface area (Å²) >= 11 is 0. The van der Waals surface area contributed by atoms with Gasteiger partial charge in [-0.25, -0.2) is 9.37 Å². The van der Waals surface area contributed by atoms with E-state index in [4.69, 9.17) is 9.40 Å². The van der Waals surface area contributed by atoms with Crippen LogP contribution in [0, 0.1) is 5.82 Å². The summed E-state index contributed by atoms with van der Waals surface area (Å²) in [5, 5.41) is 10.2. The molecule has 0 saturated heterocycles. The predicted octanol–water partition coefficient (Wildman–Crippen LogP) is 5.54. The van der Waals surface area contributed by atoms with Gasteiger partial charge < -0.3 is 14.7 Å². The highest BCUT2D eigenvalue weighted by Gasteiger charge is 2.22. The quantitative estimate of drug-likeness (QED) is 0.257. The van der Waals surface area contributed by atoms with Crippen molar-refractivity contribution in [3.05, 3.63) is 97.2 Å². The molecule has 0 radical (unpaired) electrons. The van der Waals surface area contributed by atoms with Crippen LogP contribution in [0.3, 0.4) is 0 Å².